The Morgan fingerprint density at radius 1 is 0.620 bits per heavy atom. The van der Waals surface area contributed by atoms with Gasteiger partial charge in [-0.2, -0.15) is 0 Å². The number of aryl methyl sites for hydroxylation is 2. The minimum absolute atomic E-state index is 0.0443. The molecule has 4 aromatic carbocycles. The van der Waals surface area contributed by atoms with Gasteiger partial charge in [0.2, 0.25) is 11.8 Å². The highest BCUT2D eigenvalue weighted by molar-refractivity contribution is 5.89. The minimum Gasteiger partial charge on any atom is -0.447 e. The van der Waals surface area contributed by atoms with Crippen molar-refractivity contribution in [3.63, 3.8) is 0 Å². The zero-order valence-electron chi connectivity index (χ0n) is 46.3. The van der Waals surface area contributed by atoms with Crippen LogP contribution in [-0.4, -0.2) is 104 Å². The fraction of sp³-hybridized carbons (Fsp3) is 0.524. The topological polar surface area (TPSA) is 175 Å². The number of fused-ring (bicyclic) bond motifs is 4. The second kappa shape index (κ2) is 23.1. The van der Waals surface area contributed by atoms with E-state index < -0.39 is 37.6 Å². The Labute approximate surface area is 461 Å². The van der Waals surface area contributed by atoms with Crippen molar-refractivity contribution in [2.45, 2.75) is 160 Å². The van der Waals surface area contributed by atoms with Gasteiger partial charge in [-0.1, -0.05) is 109 Å². The molecule has 16 heteroatoms. The third-order valence-electron chi connectivity index (χ3n) is 18.1. The van der Waals surface area contributed by atoms with Gasteiger partial charge >= 0.3 is 12.2 Å². The third kappa shape index (κ3) is 11.0. The van der Waals surface area contributed by atoms with Crippen molar-refractivity contribution in [1.82, 2.24) is 40.4 Å². The molecule has 2 aromatic heterocycles. The van der Waals surface area contributed by atoms with E-state index in [4.69, 9.17) is 19.4 Å². The average Bonchev–Trinajstić information content (AvgIpc) is 4.47. The van der Waals surface area contributed by atoms with E-state index in [0.717, 1.165) is 128 Å². The number of benzene rings is 4. The quantitative estimate of drug-likeness (QED) is 0.0834. The van der Waals surface area contributed by atoms with Gasteiger partial charge < -0.3 is 39.9 Å². The molecule has 2 aliphatic heterocycles. The highest BCUT2D eigenvalue weighted by Crippen LogP contribution is 2.49. The Balaban J connectivity index is 0.848. The summed E-state index contributed by atoms with van der Waals surface area (Å²) >= 11 is 0. The molecule has 4 N–H and O–H groups in total. The summed E-state index contributed by atoms with van der Waals surface area (Å²) in [6, 6.07) is 24.7. The molecule has 0 radical (unpaired) electrons. The van der Waals surface area contributed by atoms with Gasteiger partial charge in [0.25, 0.3) is 0 Å². The highest BCUT2D eigenvalue weighted by atomic mass is 19.1. The number of ether oxygens (including phenoxy) is 2. The van der Waals surface area contributed by atoms with Crippen LogP contribution >= 0.6 is 0 Å². The summed E-state index contributed by atoms with van der Waals surface area (Å²) in [5.74, 6) is 1.62. The molecule has 0 spiro atoms. The number of amides is 4. The smallest absolute Gasteiger partial charge is 0.407 e. The van der Waals surface area contributed by atoms with Gasteiger partial charge in [-0.25, -0.2) is 28.3 Å². The first-order valence-electron chi connectivity index (χ1n) is 29.1. The molecule has 4 heterocycles. The van der Waals surface area contributed by atoms with Crippen molar-refractivity contribution in [3.8, 4) is 22.3 Å². The lowest BCUT2D eigenvalue weighted by atomic mass is 9.84. The number of alkyl halides is 2. The lowest BCUT2D eigenvalue weighted by Crippen LogP contribution is -2.54. The third-order valence-corrected chi connectivity index (χ3v) is 18.1. The van der Waals surface area contributed by atoms with E-state index in [1.54, 1.807) is 0 Å². The normalized spacial score (nSPS) is 23.6. The first-order chi connectivity index (χ1) is 38.3. The Kier molecular flexibility index (Phi) is 15.8. The number of aromatic nitrogens is 4. The van der Waals surface area contributed by atoms with Crippen molar-refractivity contribution in [2.24, 2.45) is 23.7 Å². The first-order valence-corrected chi connectivity index (χ1v) is 29.1. The van der Waals surface area contributed by atoms with Crippen LogP contribution < -0.4 is 10.6 Å². The molecule has 14 nitrogen and oxygen atoms in total. The minimum atomic E-state index is -0.824. The van der Waals surface area contributed by atoms with Crippen LogP contribution in [0.5, 0.6) is 0 Å². The molecular formula is C63H76F2N8O6. The standard InChI is InChI=1S/C63H76F2N8O6/c1-35(2)56(70-62(76)78-26-24-64)60(74)72-52-12-8-6-10-44(52)33-54(72)58-66-48-22-20-42(31-50(48)68-58)46-29-38-14-16-39-18-19-40(37(5)28-41(46)17-15-38)30-47(39)43-21-23-49-51(32-43)69-59(67-49)55-34-45-11-7-9-13-53(45)73(55)61(75)57(36(3)4)71-63(77)79-27-25-65/h15,17-23,29-32,35-37,44-45,52-57H,6-14,16,24-28,33-34H2,1-5H3,(H,66,68)(H,67,69)(H,70,76)(H,71,77)/t37-,44+,45+,52+,53+,54+,55+,56+,57+/m1/s1. The number of hydrogen-bond donors (Lipinski definition) is 4. The summed E-state index contributed by atoms with van der Waals surface area (Å²) in [6.45, 7) is 7.61. The summed E-state index contributed by atoms with van der Waals surface area (Å²) in [6.07, 6.45) is 10.7. The van der Waals surface area contributed by atoms with E-state index in [1.165, 1.54) is 33.4 Å². The van der Waals surface area contributed by atoms with Gasteiger partial charge in [0.05, 0.1) is 34.2 Å². The Morgan fingerprint density at radius 3 is 1.62 bits per heavy atom. The van der Waals surface area contributed by atoms with Gasteiger partial charge in [0.15, 0.2) is 0 Å². The zero-order chi connectivity index (χ0) is 55.1. The number of carbonyl (C=O) groups is 4. The van der Waals surface area contributed by atoms with Crippen LogP contribution in [0.15, 0.2) is 72.8 Å². The van der Waals surface area contributed by atoms with Crippen molar-refractivity contribution in [2.75, 3.05) is 26.6 Å². The molecule has 2 saturated heterocycles. The molecule has 2 saturated carbocycles. The van der Waals surface area contributed by atoms with E-state index in [-0.39, 0.29) is 66.9 Å². The molecule has 6 aliphatic carbocycles. The van der Waals surface area contributed by atoms with Crippen LogP contribution in [0.3, 0.4) is 0 Å². The maximum atomic E-state index is 14.6. The fourth-order valence-corrected chi connectivity index (χ4v) is 14.0. The average molecular weight is 1080 g/mol. The van der Waals surface area contributed by atoms with E-state index in [2.05, 4.69) is 100 Å². The SMILES string of the molecule is CC(C)[C@H](NC(=O)OCCF)C(=O)N1[C@H](c2nc3cc(-c4cc5ccc4CCc4ccc(c(-c6ccc7[nH]c([C@@H]8C[C@@H]9CCCC[C@@H]9N8C(=O)[C@@H](NC(=O)OCCF)C(C)C)nc7c6)c4)C[C@H]5C)ccc3[nH]2)C[C@@H]2CCCC[C@@H]21. The fourth-order valence-electron chi connectivity index (χ4n) is 14.0. The van der Waals surface area contributed by atoms with Crippen LogP contribution in [0.1, 0.15) is 151 Å². The first kappa shape index (κ1) is 54.1. The molecule has 6 aromatic rings. The summed E-state index contributed by atoms with van der Waals surface area (Å²) in [5, 5.41) is 5.51. The molecule has 14 rings (SSSR count). The molecule has 418 valence electrons. The molecule has 9 atom stereocenters. The van der Waals surface area contributed by atoms with E-state index in [0.29, 0.717) is 11.8 Å². The number of imidazole rings is 2. The van der Waals surface area contributed by atoms with Crippen LogP contribution in [0.25, 0.3) is 44.3 Å². The van der Waals surface area contributed by atoms with E-state index >= 15 is 0 Å². The summed E-state index contributed by atoms with van der Waals surface area (Å²) < 4.78 is 35.8. The number of aromatic amines is 2. The highest BCUT2D eigenvalue weighted by Gasteiger charge is 2.50. The molecule has 0 unspecified atom stereocenters. The number of hydrogen-bond acceptors (Lipinski definition) is 8. The lowest BCUT2D eigenvalue weighted by molar-refractivity contribution is -0.139. The van der Waals surface area contributed by atoms with Crippen molar-refractivity contribution >= 4 is 46.1 Å². The Bertz CT molecular complexity index is 3230. The van der Waals surface area contributed by atoms with Gasteiger partial charge in [-0.15, -0.1) is 0 Å². The molecular weight excluding hydrogens is 1000 g/mol. The van der Waals surface area contributed by atoms with E-state index in [9.17, 15) is 28.0 Å². The maximum Gasteiger partial charge on any atom is 0.407 e. The Morgan fingerprint density at radius 2 is 1.11 bits per heavy atom. The van der Waals surface area contributed by atoms with Gasteiger partial charge in [-0.3, -0.25) is 9.59 Å². The van der Waals surface area contributed by atoms with Crippen LogP contribution in [0.4, 0.5) is 18.4 Å². The van der Waals surface area contributed by atoms with Gasteiger partial charge in [-0.05, 0) is 156 Å². The summed E-state index contributed by atoms with van der Waals surface area (Å²) in [7, 11) is 0. The number of halogens is 2. The van der Waals surface area contributed by atoms with Crippen molar-refractivity contribution in [1.29, 1.82) is 0 Å². The van der Waals surface area contributed by atoms with E-state index in [1.807, 2.05) is 37.5 Å². The molecule has 4 amide bonds. The van der Waals surface area contributed by atoms with Crippen molar-refractivity contribution < 1.29 is 37.4 Å². The molecule has 8 aliphatic rings. The predicted molar refractivity (Wildman–Crippen MR) is 301 cm³/mol. The van der Waals surface area contributed by atoms with Crippen LogP contribution in [0, 0.1) is 23.7 Å². The number of likely N-dealkylation sites (tertiary alicyclic amines) is 2. The number of alkyl carbamates (subject to hydrolysis) is 2. The Hall–Kier alpha value is -6.84. The second-order valence-corrected chi connectivity index (χ2v) is 23.8. The molecule has 4 bridgehead atoms. The zero-order valence-corrected chi connectivity index (χ0v) is 46.3. The number of rotatable bonds is 14. The largest absolute Gasteiger partial charge is 0.447 e. The number of nitrogens with zero attached hydrogens (tertiary/aromatic N) is 4. The molecule has 4 fully saturated rings. The monoisotopic (exact) mass is 1080 g/mol. The molecule has 79 heavy (non-hydrogen) atoms. The van der Waals surface area contributed by atoms with Crippen molar-refractivity contribution in [3.05, 3.63) is 107 Å². The van der Waals surface area contributed by atoms with Crippen LogP contribution in [-0.2, 0) is 38.3 Å². The predicted octanol–water partition coefficient (Wildman–Crippen LogP) is 12.3. The number of H-pyrrole nitrogens is 2. The van der Waals surface area contributed by atoms with Gasteiger partial charge in [0, 0.05) is 12.1 Å². The maximum absolute atomic E-state index is 14.6. The summed E-state index contributed by atoms with van der Waals surface area (Å²) in [5.41, 5.74) is 13.0. The number of nitrogens with one attached hydrogen (secondary N) is 4. The van der Waals surface area contributed by atoms with Crippen LogP contribution in [0.2, 0.25) is 0 Å². The second-order valence-electron chi connectivity index (χ2n) is 23.8. The summed E-state index contributed by atoms with van der Waals surface area (Å²) in [4.78, 5) is 76.3. The lowest BCUT2D eigenvalue weighted by Gasteiger charge is -2.36. The van der Waals surface area contributed by atoms with Gasteiger partial charge in [0.1, 0.15) is 50.3 Å². The number of carbonyl (C=O) groups excluding carboxylic acids is 4.